The van der Waals surface area contributed by atoms with Crippen LogP contribution in [0.5, 0.6) is 0 Å². The minimum absolute atomic E-state index is 0.0348. The Bertz CT molecular complexity index is 1120. The van der Waals surface area contributed by atoms with Gasteiger partial charge in [0.15, 0.2) is 5.13 Å². The van der Waals surface area contributed by atoms with Gasteiger partial charge < -0.3 is 15.1 Å². The fourth-order valence-corrected chi connectivity index (χ4v) is 6.24. The number of likely N-dealkylation sites (tertiary alicyclic amines) is 1. The van der Waals surface area contributed by atoms with Crippen molar-refractivity contribution in [2.24, 2.45) is 0 Å². The molecule has 3 heterocycles. The molecule has 1 N–H and O–H groups in total. The van der Waals surface area contributed by atoms with E-state index in [0.717, 1.165) is 60.9 Å². The van der Waals surface area contributed by atoms with E-state index in [-0.39, 0.29) is 30.0 Å². The van der Waals surface area contributed by atoms with Gasteiger partial charge in [0.05, 0.1) is 10.2 Å². The number of piperidine rings is 1. The van der Waals surface area contributed by atoms with Crippen LogP contribution in [0.3, 0.4) is 0 Å². The second-order valence-corrected chi connectivity index (χ2v) is 10.6. The fraction of sp³-hybridized carbons (Fsp3) is 0.462. The highest BCUT2D eigenvalue weighted by Crippen LogP contribution is 2.31. The Kier molecular flexibility index (Phi) is 6.70. The van der Waals surface area contributed by atoms with Crippen molar-refractivity contribution in [3.8, 4) is 0 Å². The van der Waals surface area contributed by atoms with Crippen LogP contribution >= 0.6 is 11.3 Å². The monoisotopic (exact) mass is 481 g/mol. The number of nitrogens with zero attached hydrogens (tertiary/aromatic N) is 4. The number of aromatic nitrogens is 1. The van der Waals surface area contributed by atoms with Gasteiger partial charge in [0, 0.05) is 50.8 Å². The molecule has 0 spiro atoms. The number of hydrogen-bond donors (Lipinski definition) is 1. The summed E-state index contributed by atoms with van der Waals surface area (Å²) in [6, 6.07) is 15.6. The van der Waals surface area contributed by atoms with Crippen molar-refractivity contribution in [2.75, 3.05) is 31.1 Å². The number of piperazine rings is 1. The first-order valence-corrected chi connectivity index (χ1v) is 12.9. The van der Waals surface area contributed by atoms with E-state index in [1.54, 1.807) is 6.07 Å². The molecule has 2 atom stereocenters. The van der Waals surface area contributed by atoms with Gasteiger partial charge >= 0.3 is 6.03 Å². The summed E-state index contributed by atoms with van der Waals surface area (Å²) in [5, 5.41) is 4.20. The minimum atomic E-state index is -0.239. The second kappa shape index (κ2) is 9.88. The number of nitrogens with one attached hydrogen (secondary N) is 1. The molecule has 2 aliphatic heterocycles. The number of amides is 2. The van der Waals surface area contributed by atoms with E-state index in [0.29, 0.717) is 0 Å². The number of rotatable bonds is 4. The third kappa shape index (κ3) is 5.03. The zero-order valence-electron chi connectivity index (χ0n) is 19.8. The van der Waals surface area contributed by atoms with Crippen LogP contribution in [0.25, 0.3) is 10.2 Å². The average molecular weight is 482 g/mol. The molecule has 2 fully saturated rings. The van der Waals surface area contributed by atoms with Crippen molar-refractivity contribution >= 4 is 32.7 Å². The molecule has 3 aromatic rings. The summed E-state index contributed by atoms with van der Waals surface area (Å²) in [7, 11) is 0. The lowest BCUT2D eigenvalue weighted by Crippen LogP contribution is -2.62. The van der Waals surface area contributed by atoms with Crippen LogP contribution in [0.1, 0.15) is 32.3 Å². The predicted octanol–water partition coefficient (Wildman–Crippen LogP) is 4.71. The van der Waals surface area contributed by atoms with E-state index in [2.05, 4.69) is 53.2 Å². The Hall–Kier alpha value is -2.71. The highest BCUT2D eigenvalue weighted by Gasteiger charge is 2.35. The Morgan fingerprint density at radius 3 is 2.50 bits per heavy atom. The van der Waals surface area contributed by atoms with Gasteiger partial charge in [0.25, 0.3) is 0 Å². The van der Waals surface area contributed by atoms with E-state index in [1.807, 2.05) is 11.0 Å². The van der Waals surface area contributed by atoms with Gasteiger partial charge in [-0.2, -0.15) is 0 Å². The van der Waals surface area contributed by atoms with Crippen molar-refractivity contribution in [1.82, 2.24) is 20.1 Å². The average Bonchev–Trinajstić information content (AvgIpc) is 3.24. The zero-order chi connectivity index (χ0) is 23.7. The van der Waals surface area contributed by atoms with E-state index in [9.17, 15) is 9.18 Å². The van der Waals surface area contributed by atoms with Crippen LogP contribution in [0.2, 0.25) is 0 Å². The molecular formula is C26H32FN5OS. The number of carbonyl (C=O) groups excluding carboxylic acids is 1. The molecule has 6 nitrogen and oxygen atoms in total. The highest BCUT2D eigenvalue weighted by molar-refractivity contribution is 7.22. The summed E-state index contributed by atoms with van der Waals surface area (Å²) in [5.41, 5.74) is 2.16. The zero-order valence-corrected chi connectivity index (χ0v) is 20.6. The van der Waals surface area contributed by atoms with Crippen LogP contribution in [0.4, 0.5) is 14.3 Å². The normalized spacial score (nSPS) is 22.3. The molecule has 2 amide bonds. The smallest absolute Gasteiger partial charge is 0.318 e. The Morgan fingerprint density at radius 2 is 1.79 bits per heavy atom. The number of benzene rings is 2. The lowest BCUT2D eigenvalue weighted by atomic mass is 10.0. The van der Waals surface area contributed by atoms with Gasteiger partial charge in [0.1, 0.15) is 5.82 Å². The maximum absolute atomic E-state index is 13.6. The van der Waals surface area contributed by atoms with Crippen molar-refractivity contribution < 1.29 is 9.18 Å². The van der Waals surface area contributed by atoms with Gasteiger partial charge in [-0.1, -0.05) is 41.7 Å². The molecule has 8 heteroatoms. The fourth-order valence-electron chi connectivity index (χ4n) is 5.23. The molecule has 0 bridgehead atoms. The predicted molar refractivity (Wildman–Crippen MR) is 136 cm³/mol. The first-order chi connectivity index (χ1) is 16.5. The molecule has 0 unspecified atom stereocenters. The van der Waals surface area contributed by atoms with E-state index >= 15 is 0 Å². The number of hydrogen-bond acceptors (Lipinski definition) is 5. The molecule has 2 aromatic carbocycles. The second-order valence-electron chi connectivity index (χ2n) is 9.60. The molecule has 2 saturated heterocycles. The molecule has 5 rings (SSSR count). The van der Waals surface area contributed by atoms with Crippen LogP contribution in [-0.4, -0.2) is 65.1 Å². The number of urea groups is 1. The van der Waals surface area contributed by atoms with Crippen molar-refractivity contribution in [3.63, 3.8) is 0 Å². The lowest BCUT2D eigenvalue weighted by molar-refractivity contribution is 0.130. The van der Waals surface area contributed by atoms with Crippen LogP contribution < -0.4 is 10.2 Å². The third-order valence-electron chi connectivity index (χ3n) is 6.93. The van der Waals surface area contributed by atoms with Gasteiger partial charge in [-0.15, -0.1) is 0 Å². The van der Waals surface area contributed by atoms with Gasteiger partial charge in [0.2, 0.25) is 0 Å². The molecule has 2 aliphatic rings. The van der Waals surface area contributed by atoms with E-state index in [4.69, 9.17) is 4.98 Å². The maximum Gasteiger partial charge on any atom is 0.318 e. The van der Waals surface area contributed by atoms with Crippen molar-refractivity contribution in [1.29, 1.82) is 0 Å². The summed E-state index contributed by atoms with van der Waals surface area (Å²) in [6.07, 6.45) is 1.95. The number of thiazole rings is 1. The molecule has 0 saturated carbocycles. The van der Waals surface area contributed by atoms with E-state index in [1.165, 1.54) is 29.0 Å². The maximum atomic E-state index is 13.6. The highest BCUT2D eigenvalue weighted by atomic mass is 32.1. The standard InChI is InChI=1S/C26H32FN5OS/c1-18-15-31(26-29-23-9-8-21(27)14-24(23)34-26)16-19(2)32(18)25(33)28-22-10-12-30(13-11-22)17-20-6-4-3-5-7-20/h3-9,14,18-19,22H,10-13,15-17H2,1-2H3,(H,28,33)/t18-,19-/m1/s1. The van der Waals surface area contributed by atoms with Gasteiger partial charge in [-0.25, -0.2) is 14.2 Å². The van der Waals surface area contributed by atoms with E-state index < -0.39 is 0 Å². The quantitative estimate of drug-likeness (QED) is 0.587. The number of anilines is 1. The van der Waals surface area contributed by atoms with Crippen molar-refractivity contribution in [3.05, 3.63) is 59.9 Å². The summed E-state index contributed by atoms with van der Waals surface area (Å²) in [6.45, 7) is 8.59. The summed E-state index contributed by atoms with van der Waals surface area (Å²) >= 11 is 1.51. The van der Waals surface area contributed by atoms with Crippen molar-refractivity contribution in [2.45, 2.75) is 51.4 Å². The van der Waals surface area contributed by atoms with Crippen LogP contribution in [0.15, 0.2) is 48.5 Å². The number of carbonyl (C=O) groups is 1. The Morgan fingerprint density at radius 1 is 1.09 bits per heavy atom. The SMILES string of the molecule is C[C@@H]1CN(c2nc3ccc(F)cc3s2)C[C@@H](C)N1C(=O)NC1CCN(Cc2ccccc2)CC1. The number of halogens is 1. The molecule has 34 heavy (non-hydrogen) atoms. The summed E-state index contributed by atoms with van der Waals surface area (Å²) in [5.74, 6) is -0.239. The minimum Gasteiger partial charge on any atom is -0.344 e. The largest absolute Gasteiger partial charge is 0.344 e. The summed E-state index contributed by atoms with van der Waals surface area (Å²) < 4.78 is 14.4. The Labute approximate surface area is 204 Å². The summed E-state index contributed by atoms with van der Waals surface area (Å²) in [4.78, 5) is 24.6. The first-order valence-electron chi connectivity index (χ1n) is 12.1. The van der Waals surface area contributed by atoms with Gasteiger partial charge in [-0.3, -0.25) is 4.90 Å². The van der Waals surface area contributed by atoms with Crippen LogP contribution in [0, 0.1) is 5.82 Å². The van der Waals surface area contributed by atoms with Crippen LogP contribution in [-0.2, 0) is 6.54 Å². The lowest BCUT2D eigenvalue weighted by Gasteiger charge is -2.45. The topological polar surface area (TPSA) is 51.7 Å². The molecule has 1 aromatic heterocycles. The third-order valence-corrected chi connectivity index (χ3v) is 8.01. The molecule has 180 valence electrons. The number of fused-ring (bicyclic) bond motifs is 1. The first kappa shape index (κ1) is 23.1. The Balaban J connectivity index is 1.15. The van der Waals surface area contributed by atoms with Gasteiger partial charge in [-0.05, 0) is 50.5 Å². The molecule has 0 aliphatic carbocycles. The molecule has 0 radical (unpaired) electrons. The molecular weight excluding hydrogens is 449 g/mol.